The van der Waals surface area contributed by atoms with E-state index in [9.17, 15) is 0 Å². The third-order valence-corrected chi connectivity index (χ3v) is 1.91. The zero-order valence-corrected chi connectivity index (χ0v) is 7.55. The number of rotatable bonds is 1. The zero-order valence-electron chi connectivity index (χ0n) is 7.55. The molecule has 1 aromatic rings. The van der Waals surface area contributed by atoms with E-state index in [0.29, 0.717) is 5.92 Å². The maximum absolute atomic E-state index is 5.69. The van der Waals surface area contributed by atoms with Crippen LogP contribution in [0.2, 0.25) is 0 Å². The van der Waals surface area contributed by atoms with Gasteiger partial charge < -0.3 is 4.48 Å². The Hall–Kier alpha value is -0.725. The van der Waals surface area contributed by atoms with E-state index in [1.165, 1.54) is 0 Å². The molecule has 0 unspecified atom stereocenters. The van der Waals surface area contributed by atoms with Crippen LogP contribution in [0.4, 0.5) is 0 Å². The predicted octanol–water partition coefficient (Wildman–Crippen LogP) is 1.55. The van der Waals surface area contributed by atoms with Gasteiger partial charge in [-0.1, -0.05) is 13.8 Å². The van der Waals surface area contributed by atoms with Crippen LogP contribution in [-0.4, -0.2) is 17.4 Å². The Morgan fingerprint density at radius 3 is 2.09 bits per heavy atom. The quantitative estimate of drug-likeness (QED) is 0.552. The molecule has 0 N–H and O–H groups in total. The molecule has 0 saturated carbocycles. The third kappa shape index (κ3) is 1.32. The van der Waals surface area contributed by atoms with Gasteiger partial charge in [0, 0.05) is 5.69 Å². The number of hydrogen-bond acceptors (Lipinski definition) is 1. The lowest BCUT2D eigenvalue weighted by molar-refractivity contribution is 0.819. The van der Waals surface area contributed by atoms with Crippen LogP contribution in [0.5, 0.6) is 0 Å². The SMILES string of the molecule is [B]n1c(C)nc(C(C)C)c1C. The smallest absolute Gasteiger partial charge is 0.236 e. The number of nitrogens with zero attached hydrogens (tertiary/aromatic N) is 2. The molecule has 1 heterocycles. The van der Waals surface area contributed by atoms with Gasteiger partial charge in [0.2, 0.25) is 7.98 Å². The molecule has 3 heteroatoms. The Kier molecular flexibility index (Phi) is 2.07. The van der Waals surface area contributed by atoms with Crippen LogP contribution in [0.1, 0.15) is 37.0 Å². The molecule has 1 rings (SSSR count). The second-order valence-electron chi connectivity index (χ2n) is 3.15. The molecule has 1 aromatic heterocycles. The fourth-order valence-corrected chi connectivity index (χ4v) is 1.22. The van der Waals surface area contributed by atoms with E-state index in [1.807, 2.05) is 13.8 Å². The molecule has 0 spiro atoms. The third-order valence-electron chi connectivity index (χ3n) is 1.91. The molecule has 0 fully saturated rings. The second-order valence-corrected chi connectivity index (χ2v) is 3.15. The van der Waals surface area contributed by atoms with Crippen LogP contribution in [0.25, 0.3) is 0 Å². The Balaban J connectivity index is 3.19. The average molecular weight is 148 g/mol. The Bertz CT molecular complexity index is 263. The Morgan fingerprint density at radius 1 is 1.36 bits per heavy atom. The van der Waals surface area contributed by atoms with Crippen molar-refractivity contribution in [2.75, 3.05) is 0 Å². The molecule has 0 amide bonds. The molecular formula is C8H13BN2. The van der Waals surface area contributed by atoms with Crippen molar-refractivity contribution in [3.05, 3.63) is 17.2 Å². The maximum Gasteiger partial charge on any atom is 0.236 e. The lowest BCUT2D eigenvalue weighted by atomic mass is 10.1. The number of aromatic nitrogens is 2. The fourth-order valence-electron chi connectivity index (χ4n) is 1.22. The summed E-state index contributed by atoms with van der Waals surface area (Å²) < 4.78 is 1.63. The molecular weight excluding hydrogens is 135 g/mol. The first-order chi connectivity index (χ1) is 5.04. The molecule has 0 aliphatic rings. The van der Waals surface area contributed by atoms with Crippen LogP contribution in [0.3, 0.4) is 0 Å². The van der Waals surface area contributed by atoms with Crippen LogP contribution < -0.4 is 0 Å². The van der Waals surface area contributed by atoms with Crippen molar-refractivity contribution >= 4 is 7.98 Å². The summed E-state index contributed by atoms with van der Waals surface area (Å²) in [5, 5.41) is 0. The largest absolute Gasteiger partial charge is 0.389 e. The zero-order chi connectivity index (χ0) is 8.59. The highest BCUT2D eigenvalue weighted by atomic mass is 15.0. The van der Waals surface area contributed by atoms with E-state index in [2.05, 4.69) is 18.8 Å². The van der Waals surface area contributed by atoms with Gasteiger partial charge in [-0.25, -0.2) is 4.98 Å². The molecule has 0 aliphatic heterocycles. The fraction of sp³-hybridized carbons (Fsp3) is 0.625. The number of aryl methyl sites for hydroxylation is 1. The summed E-state index contributed by atoms with van der Waals surface area (Å²) in [5.41, 5.74) is 2.17. The summed E-state index contributed by atoms with van der Waals surface area (Å²) in [4.78, 5) is 4.35. The highest BCUT2D eigenvalue weighted by Crippen LogP contribution is 2.17. The van der Waals surface area contributed by atoms with E-state index in [0.717, 1.165) is 17.2 Å². The first kappa shape index (κ1) is 8.37. The minimum Gasteiger partial charge on any atom is -0.389 e. The van der Waals surface area contributed by atoms with Crippen molar-refractivity contribution in [2.24, 2.45) is 0 Å². The van der Waals surface area contributed by atoms with Gasteiger partial charge in [-0.05, 0) is 19.8 Å². The predicted molar refractivity (Wildman–Crippen MR) is 46.9 cm³/mol. The summed E-state index contributed by atoms with van der Waals surface area (Å²) in [5.74, 6) is 1.34. The van der Waals surface area contributed by atoms with Gasteiger partial charge in [0.15, 0.2) is 0 Å². The normalized spacial score (nSPS) is 11.0. The van der Waals surface area contributed by atoms with Crippen molar-refractivity contribution in [1.29, 1.82) is 0 Å². The van der Waals surface area contributed by atoms with Crippen LogP contribution in [0, 0.1) is 13.8 Å². The minimum absolute atomic E-state index is 0.457. The molecule has 2 radical (unpaired) electrons. The van der Waals surface area contributed by atoms with Gasteiger partial charge in [0.05, 0.1) is 11.5 Å². The summed E-state index contributed by atoms with van der Waals surface area (Å²) in [7, 11) is 5.69. The lowest BCUT2D eigenvalue weighted by Crippen LogP contribution is -1.97. The lowest BCUT2D eigenvalue weighted by Gasteiger charge is -2.02. The standard InChI is InChI=1S/C8H13BN2/c1-5(2)8-6(3)11(9)7(4)10-8/h5H,1-4H3. The second kappa shape index (κ2) is 2.72. The van der Waals surface area contributed by atoms with Crippen LogP contribution >= 0.6 is 0 Å². The van der Waals surface area contributed by atoms with Crippen LogP contribution in [0.15, 0.2) is 0 Å². The summed E-state index contributed by atoms with van der Waals surface area (Å²) in [6.07, 6.45) is 0. The van der Waals surface area contributed by atoms with Crippen molar-refractivity contribution in [3.8, 4) is 0 Å². The van der Waals surface area contributed by atoms with Gasteiger partial charge in [-0.3, -0.25) is 0 Å². The molecule has 0 atom stereocenters. The molecule has 2 nitrogen and oxygen atoms in total. The van der Waals surface area contributed by atoms with Gasteiger partial charge >= 0.3 is 0 Å². The molecule has 58 valence electrons. The van der Waals surface area contributed by atoms with Gasteiger partial charge in [0.25, 0.3) is 0 Å². The molecule has 0 aromatic carbocycles. The molecule has 0 bridgehead atoms. The van der Waals surface area contributed by atoms with Gasteiger partial charge in [0.1, 0.15) is 0 Å². The Morgan fingerprint density at radius 2 is 1.91 bits per heavy atom. The molecule has 0 aliphatic carbocycles. The van der Waals surface area contributed by atoms with E-state index >= 15 is 0 Å². The average Bonchev–Trinajstić information content (AvgIpc) is 2.17. The van der Waals surface area contributed by atoms with Crippen molar-refractivity contribution in [3.63, 3.8) is 0 Å². The van der Waals surface area contributed by atoms with E-state index in [1.54, 1.807) is 4.48 Å². The first-order valence-corrected chi connectivity index (χ1v) is 3.85. The van der Waals surface area contributed by atoms with Crippen molar-refractivity contribution in [2.45, 2.75) is 33.6 Å². The first-order valence-electron chi connectivity index (χ1n) is 3.85. The van der Waals surface area contributed by atoms with Crippen LogP contribution in [-0.2, 0) is 0 Å². The summed E-state index contributed by atoms with van der Waals surface area (Å²) in [6, 6.07) is 0. The van der Waals surface area contributed by atoms with E-state index < -0.39 is 0 Å². The Labute approximate surface area is 69.1 Å². The highest BCUT2D eigenvalue weighted by Gasteiger charge is 2.09. The van der Waals surface area contributed by atoms with E-state index in [-0.39, 0.29) is 0 Å². The monoisotopic (exact) mass is 148 g/mol. The number of hydrogen-bond donors (Lipinski definition) is 0. The highest BCUT2D eigenvalue weighted by molar-refractivity contribution is 6.07. The summed E-state index contributed by atoms with van der Waals surface area (Å²) >= 11 is 0. The topological polar surface area (TPSA) is 17.8 Å². The summed E-state index contributed by atoms with van der Waals surface area (Å²) in [6.45, 7) is 8.15. The van der Waals surface area contributed by atoms with E-state index in [4.69, 9.17) is 7.98 Å². The molecule has 0 saturated heterocycles. The molecule has 11 heavy (non-hydrogen) atoms. The van der Waals surface area contributed by atoms with Crippen molar-refractivity contribution in [1.82, 2.24) is 9.46 Å². The maximum atomic E-state index is 5.69. The van der Waals surface area contributed by atoms with Gasteiger partial charge in [-0.2, -0.15) is 0 Å². The number of imidazole rings is 1. The minimum atomic E-state index is 0.457. The van der Waals surface area contributed by atoms with Crippen molar-refractivity contribution < 1.29 is 0 Å². The van der Waals surface area contributed by atoms with Gasteiger partial charge in [-0.15, -0.1) is 0 Å².